The highest BCUT2D eigenvalue weighted by Gasteiger charge is 2.19. The second-order valence-electron chi connectivity index (χ2n) is 4.61. The molecule has 1 aliphatic heterocycles. The number of nitrogens with zero attached hydrogens (tertiary/aromatic N) is 1. The number of benzene rings is 1. The molecule has 18 heavy (non-hydrogen) atoms. The molecule has 0 fully saturated rings. The maximum Gasteiger partial charge on any atom is 0.127 e. The Kier molecular flexibility index (Phi) is 2.99. The Labute approximate surface area is 107 Å². The van der Waals surface area contributed by atoms with E-state index >= 15 is 0 Å². The van der Waals surface area contributed by atoms with Crippen LogP contribution in [0.15, 0.2) is 42.7 Å². The Balaban J connectivity index is 1.85. The summed E-state index contributed by atoms with van der Waals surface area (Å²) in [6, 6.07) is 10.2. The number of aromatic nitrogens is 1. The summed E-state index contributed by atoms with van der Waals surface area (Å²) in [6.07, 6.45) is 5.42. The van der Waals surface area contributed by atoms with Gasteiger partial charge in [0.15, 0.2) is 0 Å². The van der Waals surface area contributed by atoms with Crippen LogP contribution in [0.25, 0.3) is 0 Å². The third kappa shape index (κ3) is 2.09. The minimum absolute atomic E-state index is 0.0396. The van der Waals surface area contributed by atoms with E-state index in [1.165, 1.54) is 5.56 Å². The van der Waals surface area contributed by atoms with Crippen LogP contribution in [0.5, 0.6) is 5.75 Å². The first-order valence-electron chi connectivity index (χ1n) is 6.23. The molecule has 0 aliphatic carbocycles. The number of pyridine rings is 1. The van der Waals surface area contributed by atoms with Crippen molar-refractivity contribution in [3.63, 3.8) is 0 Å². The molecular formula is C15H16N2O. The molecular weight excluding hydrogens is 224 g/mol. The van der Waals surface area contributed by atoms with Crippen LogP contribution in [0.1, 0.15) is 22.7 Å². The number of nitrogens with two attached hydrogens (primary N) is 1. The van der Waals surface area contributed by atoms with Crippen LogP contribution < -0.4 is 10.5 Å². The molecule has 2 aromatic rings. The van der Waals surface area contributed by atoms with Gasteiger partial charge in [0.1, 0.15) is 5.75 Å². The lowest BCUT2D eigenvalue weighted by molar-refractivity contribution is 0.351. The third-order valence-electron chi connectivity index (χ3n) is 3.32. The molecule has 1 aliphatic rings. The van der Waals surface area contributed by atoms with Crippen molar-refractivity contribution in [1.29, 1.82) is 0 Å². The zero-order valence-corrected chi connectivity index (χ0v) is 10.2. The lowest BCUT2D eigenvalue weighted by atomic mass is 9.97. The minimum Gasteiger partial charge on any atom is -0.493 e. The highest BCUT2D eigenvalue weighted by Crippen LogP contribution is 2.33. The average Bonchev–Trinajstić information content (AvgIpc) is 2.87. The van der Waals surface area contributed by atoms with Crippen molar-refractivity contribution in [2.45, 2.75) is 18.9 Å². The van der Waals surface area contributed by atoms with E-state index in [-0.39, 0.29) is 6.04 Å². The summed E-state index contributed by atoms with van der Waals surface area (Å²) in [4.78, 5) is 4.12. The topological polar surface area (TPSA) is 48.1 Å². The lowest BCUT2D eigenvalue weighted by Crippen LogP contribution is -2.14. The van der Waals surface area contributed by atoms with Crippen molar-refractivity contribution in [2.75, 3.05) is 6.61 Å². The molecule has 0 saturated carbocycles. The van der Waals surface area contributed by atoms with Crippen molar-refractivity contribution in [3.05, 3.63) is 59.4 Å². The van der Waals surface area contributed by atoms with Gasteiger partial charge < -0.3 is 10.5 Å². The van der Waals surface area contributed by atoms with Crippen LogP contribution >= 0.6 is 0 Å². The summed E-state index contributed by atoms with van der Waals surface area (Å²) in [5, 5.41) is 0. The van der Waals surface area contributed by atoms with Crippen LogP contribution in [-0.4, -0.2) is 11.6 Å². The van der Waals surface area contributed by atoms with E-state index in [1.54, 1.807) is 6.20 Å². The first-order valence-corrected chi connectivity index (χ1v) is 6.23. The molecule has 1 aromatic heterocycles. The van der Waals surface area contributed by atoms with Crippen molar-refractivity contribution in [1.82, 2.24) is 4.98 Å². The first kappa shape index (κ1) is 11.2. The summed E-state index contributed by atoms with van der Waals surface area (Å²) < 4.78 is 5.69. The van der Waals surface area contributed by atoms with E-state index in [0.29, 0.717) is 0 Å². The Hall–Kier alpha value is -1.87. The van der Waals surface area contributed by atoms with Crippen molar-refractivity contribution < 1.29 is 4.74 Å². The van der Waals surface area contributed by atoms with Gasteiger partial charge in [-0.2, -0.15) is 0 Å². The molecule has 92 valence electrons. The van der Waals surface area contributed by atoms with Gasteiger partial charge in [0.05, 0.1) is 6.61 Å². The summed E-state index contributed by atoms with van der Waals surface area (Å²) in [7, 11) is 0. The number of para-hydroxylation sites is 1. The van der Waals surface area contributed by atoms with Crippen molar-refractivity contribution in [2.24, 2.45) is 5.73 Å². The quantitative estimate of drug-likeness (QED) is 0.895. The summed E-state index contributed by atoms with van der Waals surface area (Å²) in [5.74, 6) is 0.994. The number of hydrogen-bond donors (Lipinski definition) is 1. The molecule has 1 atom stereocenters. The van der Waals surface area contributed by atoms with Gasteiger partial charge in [0.25, 0.3) is 0 Å². The van der Waals surface area contributed by atoms with Gasteiger partial charge in [0, 0.05) is 30.4 Å². The Bertz CT molecular complexity index is 539. The van der Waals surface area contributed by atoms with Gasteiger partial charge >= 0.3 is 0 Å². The number of rotatable bonds is 3. The zero-order chi connectivity index (χ0) is 12.4. The Morgan fingerprint density at radius 1 is 1.28 bits per heavy atom. The smallest absolute Gasteiger partial charge is 0.127 e. The zero-order valence-electron chi connectivity index (χ0n) is 10.2. The normalized spacial score (nSPS) is 14.9. The molecule has 2 heterocycles. The second-order valence-corrected chi connectivity index (χ2v) is 4.61. The van der Waals surface area contributed by atoms with E-state index in [1.807, 2.05) is 12.3 Å². The first-order chi connectivity index (χ1) is 8.84. The third-order valence-corrected chi connectivity index (χ3v) is 3.32. The molecule has 0 bridgehead atoms. The summed E-state index contributed by atoms with van der Waals surface area (Å²) in [5.41, 5.74) is 9.82. The number of hydrogen-bond acceptors (Lipinski definition) is 3. The summed E-state index contributed by atoms with van der Waals surface area (Å²) in [6.45, 7) is 0.770. The molecule has 1 aromatic carbocycles. The highest BCUT2D eigenvalue weighted by atomic mass is 16.5. The fourth-order valence-corrected chi connectivity index (χ4v) is 2.42. The molecule has 3 nitrogen and oxygen atoms in total. The van der Waals surface area contributed by atoms with E-state index in [2.05, 4.69) is 29.2 Å². The Morgan fingerprint density at radius 2 is 2.22 bits per heavy atom. The van der Waals surface area contributed by atoms with E-state index < -0.39 is 0 Å². The van der Waals surface area contributed by atoms with Crippen LogP contribution in [0, 0.1) is 0 Å². The highest BCUT2D eigenvalue weighted by molar-refractivity contribution is 5.45. The monoisotopic (exact) mass is 240 g/mol. The van der Waals surface area contributed by atoms with E-state index in [9.17, 15) is 0 Å². The molecule has 2 N–H and O–H groups in total. The van der Waals surface area contributed by atoms with Gasteiger partial charge in [-0.3, -0.25) is 4.98 Å². The average molecular weight is 240 g/mol. The maximum atomic E-state index is 6.29. The molecule has 0 spiro atoms. The van der Waals surface area contributed by atoms with Crippen molar-refractivity contribution >= 4 is 0 Å². The van der Waals surface area contributed by atoms with Crippen LogP contribution in [0.4, 0.5) is 0 Å². The standard InChI is InChI=1S/C15H16N2O/c16-14(9-11-3-2-7-17-10-11)13-5-1-4-12-6-8-18-15(12)13/h1-5,7,10,14H,6,8-9,16H2. The molecule has 0 saturated heterocycles. The van der Waals surface area contributed by atoms with E-state index in [0.717, 1.165) is 36.3 Å². The molecule has 1 unspecified atom stereocenters. The van der Waals surface area contributed by atoms with Crippen LogP contribution in [0.2, 0.25) is 0 Å². The van der Waals surface area contributed by atoms with Gasteiger partial charge in [-0.25, -0.2) is 0 Å². The Morgan fingerprint density at radius 3 is 3.06 bits per heavy atom. The summed E-state index contributed by atoms with van der Waals surface area (Å²) >= 11 is 0. The molecule has 3 rings (SSSR count). The molecule has 0 amide bonds. The SMILES string of the molecule is NC(Cc1cccnc1)c1cccc2c1OCC2. The van der Waals surface area contributed by atoms with Crippen LogP contribution in [-0.2, 0) is 12.8 Å². The molecule has 3 heteroatoms. The number of fused-ring (bicyclic) bond motifs is 1. The lowest BCUT2D eigenvalue weighted by Gasteiger charge is -2.15. The van der Waals surface area contributed by atoms with Crippen LogP contribution in [0.3, 0.4) is 0 Å². The van der Waals surface area contributed by atoms with Gasteiger partial charge in [-0.15, -0.1) is 0 Å². The second kappa shape index (κ2) is 4.78. The largest absolute Gasteiger partial charge is 0.493 e. The predicted molar refractivity (Wildman–Crippen MR) is 70.5 cm³/mol. The predicted octanol–water partition coefficient (Wildman–Crippen LogP) is 2.26. The fourth-order valence-electron chi connectivity index (χ4n) is 2.42. The molecule has 0 radical (unpaired) electrons. The van der Waals surface area contributed by atoms with Gasteiger partial charge in [0.2, 0.25) is 0 Å². The number of ether oxygens (including phenoxy) is 1. The van der Waals surface area contributed by atoms with E-state index in [4.69, 9.17) is 10.5 Å². The fraction of sp³-hybridized carbons (Fsp3) is 0.267. The minimum atomic E-state index is -0.0396. The van der Waals surface area contributed by atoms with Gasteiger partial charge in [-0.1, -0.05) is 24.3 Å². The maximum absolute atomic E-state index is 6.29. The van der Waals surface area contributed by atoms with Crippen molar-refractivity contribution in [3.8, 4) is 5.75 Å². The van der Waals surface area contributed by atoms with Gasteiger partial charge in [-0.05, 0) is 23.6 Å².